The molecular weight excluding hydrogens is 292 g/mol. The van der Waals surface area contributed by atoms with Gasteiger partial charge in [-0.1, -0.05) is 30.3 Å². The Morgan fingerprint density at radius 1 is 1.17 bits per heavy atom. The Morgan fingerprint density at radius 3 is 2.65 bits per heavy atom. The molecule has 0 aliphatic heterocycles. The highest BCUT2D eigenvalue weighted by atomic mass is 16.6. The number of nitro benzene ring substituents is 1. The zero-order chi connectivity index (χ0) is 15.8. The maximum atomic E-state index is 11.2. The summed E-state index contributed by atoms with van der Waals surface area (Å²) >= 11 is 0. The molecule has 0 spiro atoms. The molecule has 1 heterocycles. The van der Waals surface area contributed by atoms with Crippen molar-refractivity contribution in [2.24, 2.45) is 0 Å². The summed E-state index contributed by atoms with van der Waals surface area (Å²) in [5.41, 5.74) is 2.77. The van der Waals surface area contributed by atoms with Crippen molar-refractivity contribution in [2.75, 3.05) is 4.90 Å². The van der Waals surface area contributed by atoms with Crippen LogP contribution in [0.4, 0.5) is 11.6 Å². The van der Waals surface area contributed by atoms with Gasteiger partial charge in [-0.15, -0.1) is 0 Å². The Bertz CT molecular complexity index is 837. The van der Waals surface area contributed by atoms with Gasteiger partial charge in [-0.05, 0) is 25.0 Å². The van der Waals surface area contributed by atoms with E-state index in [1.54, 1.807) is 12.1 Å². The van der Waals surface area contributed by atoms with E-state index < -0.39 is 0 Å². The maximum Gasteiger partial charge on any atom is 0.274 e. The summed E-state index contributed by atoms with van der Waals surface area (Å²) < 4.78 is 0. The lowest BCUT2D eigenvalue weighted by atomic mass is 10.1. The normalized spacial score (nSPS) is 14.1. The van der Waals surface area contributed by atoms with Crippen LogP contribution < -0.4 is 4.90 Å². The predicted molar refractivity (Wildman–Crippen MR) is 88.4 cm³/mol. The molecule has 0 amide bonds. The average Bonchev–Trinajstić information content (AvgIpc) is 3.30. The second kappa shape index (κ2) is 5.39. The molecule has 1 aliphatic carbocycles. The van der Waals surface area contributed by atoms with E-state index in [0.29, 0.717) is 18.2 Å². The van der Waals surface area contributed by atoms with Crippen molar-refractivity contribution in [3.63, 3.8) is 0 Å². The Balaban J connectivity index is 1.70. The van der Waals surface area contributed by atoms with Crippen molar-refractivity contribution < 1.29 is 4.92 Å². The van der Waals surface area contributed by atoms with Crippen molar-refractivity contribution >= 4 is 22.7 Å². The van der Waals surface area contributed by atoms with Crippen molar-refractivity contribution in [3.05, 3.63) is 64.2 Å². The van der Waals surface area contributed by atoms with Crippen LogP contribution in [0.5, 0.6) is 0 Å². The average molecular weight is 308 g/mol. The lowest BCUT2D eigenvalue weighted by Crippen LogP contribution is -2.26. The summed E-state index contributed by atoms with van der Waals surface area (Å²) in [5.74, 6) is 0.784. The zero-order valence-electron chi connectivity index (χ0n) is 12.5. The standard InChI is InChI=1S/C17H16N4O2/c22-21(23)16-8-4-1-5-12(16)11-20(13-9-10-13)17-18-14-6-2-3-7-15(14)19-17/h1-8,13H,9-11H2,(H,18,19). The number of fused-ring (bicyclic) bond motifs is 1. The first kappa shape index (κ1) is 13.8. The number of rotatable bonds is 5. The first-order valence-electron chi connectivity index (χ1n) is 7.66. The molecule has 1 fully saturated rings. The van der Waals surface area contributed by atoms with Crippen LogP contribution in [0, 0.1) is 10.1 Å². The van der Waals surface area contributed by atoms with Gasteiger partial charge < -0.3 is 9.88 Å². The lowest BCUT2D eigenvalue weighted by Gasteiger charge is -2.21. The molecule has 0 radical (unpaired) electrons. The van der Waals surface area contributed by atoms with Crippen LogP contribution in [0.3, 0.4) is 0 Å². The molecule has 1 saturated carbocycles. The molecule has 0 saturated heterocycles. The fraction of sp³-hybridized carbons (Fsp3) is 0.235. The lowest BCUT2D eigenvalue weighted by molar-refractivity contribution is -0.385. The Kier molecular flexibility index (Phi) is 3.22. The Labute approximate surface area is 132 Å². The van der Waals surface area contributed by atoms with Crippen LogP contribution in [0.15, 0.2) is 48.5 Å². The zero-order valence-corrected chi connectivity index (χ0v) is 12.5. The van der Waals surface area contributed by atoms with E-state index in [4.69, 9.17) is 0 Å². The van der Waals surface area contributed by atoms with Gasteiger partial charge in [0.15, 0.2) is 0 Å². The van der Waals surface area contributed by atoms with Gasteiger partial charge in [-0.25, -0.2) is 4.98 Å². The smallest absolute Gasteiger partial charge is 0.274 e. The van der Waals surface area contributed by atoms with Crippen LogP contribution in [0.25, 0.3) is 11.0 Å². The molecule has 1 aliphatic rings. The highest BCUT2D eigenvalue weighted by Gasteiger charge is 2.32. The third kappa shape index (κ3) is 2.63. The van der Waals surface area contributed by atoms with Crippen LogP contribution in [0.1, 0.15) is 18.4 Å². The SMILES string of the molecule is O=[N+]([O-])c1ccccc1CN(c1nc2ccccc2[nH]1)C1CC1. The van der Waals surface area contributed by atoms with E-state index in [-0.39, 0.29) is 10.6 Å². The molecule has 4 rings (SSSR count). The van der Waals surface area contributed by atoms with Gasteiger partial charge in [0.1, 0.15) is 0 Å². The summed E-state index contributed by atoms with van der Waals surface area (Å²) in [6.07, 6.45) is 2.19. The molecule has 116 valence electrons. The van der Waals surface area contributed by atoms with E-state index in [2.05, 4.69) is 14.9 Å². The van der Waals surface area contributed by atoms with Gasteiger partial charge in [0, 0.05) is 17.7 Å². The number of aromatic amines is 1. The van der Waals surface area contributed by atoms with E-state index in [0.717, 1.165) is 29.8 Å². The number of anilines is 1. The molecule has 2 aromatic carbocycles. The van der Waals surface area contributed by atoms with Gasteiger partial charge in [0.05, 0.1) is 22.5 Å². The minimum atomic E-state index is -0.320. The molecular formula is C17H16N4O2. The summed E-state index contributed by atoms with van der Waals surface area (Å²) in [4.78, 5) is 21.0. The number of H-pyrrole nitrogens is 1. The topological polar surface area (TPSA) is 75.1 Å². The number of nitrogens with zero attached hydrogens (tertiary/aromatic N) is 3. The van der Waals surface area contributed by atoms with Crippen LogP contribution in [-0.4, -0.2) is 20.9 Å². The number of nitrogens with one attached hydrogen (secondary N) is 1. The monoisotopic (exact) mass is 308 g/mol. The second-order valence-corrected chi connectivity index (χ2v) is 5.82. The number of imidazole rings is 1. The first-order valence-corrected chi connectivity index (χ1v) is 7.66. The van der Waals surface area contributed by atoms with E-state index in [1.165, 1.54) is 0 Å². The summed E-state index contributed by atoms with van der Waals surface area (Å²) in [5, 5.41) is 11.2. The number of benzene rings is 2. The third-order valence-electron chi connectivity index (χ3n) is 4.17. The molecule has 23 heavy (non-hydrogen) atoms. The predicted octanol–water partition coefficient (Wildman–Crippen LogP) is 3.64. The largest absolute Gasteiger partial charge is 0.335 e. The number of hydrogen-bond donors (Lipinski definition) is 1. The fourth-order valence-corrected chi connectivity index (χ4v) is 2.84. The molecule has 6 nitrogen and oxygen atoms in total. The number of para-hydroxylation sites is 3. The van der Waals surface area contributed by atoms with Crippen LogP contribution in [0.2, 0.25) is 0 Å². The second-order valence-electron chi connectivity index (χ2n) is 5.82. The molecule has 3 aromatic rings. The number of nitro groups is 1. The van der Waals surface area contributed by atoms with Gasteiger partial charge in [-0.3, -0.25) is 10.1 Å². The van der Waals surface area contributed by atoms with E-state index in [1.807, 2.05) is 36.4 Å². The third-order valence-corrected chi connectivity index (χ3v) is 4.17. The van der Waals surface area contributed by atoms with Crippen molar-refractivity contribution in [3.8, 4) is 0 Å². The van der Waals surface area contributed by atoms with Crippen molar-refractivity contribution in [1.29, 1.82) is 0 Å². The van der Waals surface area contributed by atoms with Gasteiger partial charge >= 0.3 is 0 Å². The van der Waals surface area contributed by atoms with Gasteiger partial charge in [0.25, 0.3) is 5.69 Å². The molecule has 0 unspecified atom stereocenters. The van der Waals surface area contributed by atoms with Crippen LogP contribution >= 0.6 is 0 Å². The number of aromatic nitrogens is 2. The quantitative estimate of drug-likeness (QED) is 0.577. The molecule has 0 bridgehead atoms. The molecule has 0 atom stereocenters. The highest BCUT2D eigenvalue weighted by molar-refractivity contribution is 5.77. The molecule has 1 aromatic heterocycles. The fourth-order valence-electron chi connectivity index (χ4n) is 2.84. The number of hydrogen-bond acceptors (Lipinski definition) is 4. The Morgan fingerprint density at radius 2 is 1.91 bits per heavy atom. The minimum Gasteiger partial charge on any atom is -0.335 e. The molecule has 6 heteroatoms. The molecule has 1 N–H and O–H groups in total. The summed E-state index contributed by atoms with van der Waals surface area (Å²) in [6.45, 7) is 0.488. The summed E-state index contributed by atoms with van der Waals surface area (Å²) in [7, 11) is 0. The maximum absolute atomic E-state index is 11.2. The van der Waals surface area contributed by atoms with Crippen LogP contribution in [-0.2, 0) is 6.54 Å². The minimum absolute atomic E-state index is 0.161. The van der Waals surface area contributed by atoms with E-state index >= 15 is 0 Å². The van der Waals surface area contributed by atoms with E-state index in [9.17, 15) is 10.1 Å². The van der Waals surface area contributed by atoms with Gasteiger partial charge in [0.2, 0.25) is 5.95 Å². The highest BCUT2D eigenvalue weighted by Crippen LogP contribution is 2.33. The summed E-state index contributed by atoms with van der Waals surface area (Å²) in [6, 6.07) is 15.2. The Hall–Kier alpha value is -2.89. The van der Waals surface area contributed by atoms with Crippen molar-refractivity contribution in [2.45, 2.75) is 25.4 Å². The first-order chi connectivity index (χ1) is 11.2. The van der Waals surface area contributed by atoms with Gasteiger partial charge in [-0.2, -0.15) is 0 Å². The van der Waals surface area contributed by atoms with Crippen molar-refractivity contribution in [1.82, 2.24) is 9.97 Å².